The van der Waals surface area contributed by atoms with Crippen molar-refractivity contribution in [1.29, 1.82) is 0 Å². The molecule has 0 N–H and O–H groups in total. The Balaban J connectivity index is 2.14. The number of hydrogen-bond donors (Lipinski definition) is 0. The summed E-state index contributed by atoms with van der Waals surface area (Å²) in [7, 11) is 5.16. The molecule has 0 spiro atoms. The van der Waals surface area contributed by atoms with E-state index in [1.54, 1.807) is 26.1 Å². The molecule has 0 radical (unpaired) electrons. The van der Waals surface area contributed by atoms with Gasteiger partial charge in [-0.15, -0.1) is 10.2 Å². The molecule has 1 heterocycles. The Morgan fingerprint density at radius 2 is 1.77 bits per heavy atom. The molecule has 0 unspecified atom stereocenters. The lowest BCUT2D eigenvalue weighted by Gasteiger charge is -2.16. The first-order valence-electron chi connectivity index (χ1n) is 10.3. The van der Waals surface area contributed by atoms with Gasteiger partial charge >= 0.3 is 0 Å². The highest BCUT2D eigenvalue weighted by Gasteiger charge is 2.20. The molecule has 0 aliphatic heterocycles. The Bertz CT molecular complexity index is 1070. The number of thioether (sulfide) groups is 1. The molecule has 0 aliphatic carbocycles. The normalized spacial score (nSPS) is 11.1. The van der Waals surface area contributed by atoms with E-state index in [2.05, 4.69) is 50.0 Å². The van der Waals surface area contributed by atoms with Crippen molar-refractivity contribution in [3.05, 3.63) is 53.1 Å². The topological polar surface area (TPSA) is 60.2 Å². The molecule has 1 amide bonds. The molecule has 2 aromatic carbocycles. The summed E-state index contributed by atoms with van der Waals surface area (Å²) in [5, 5.41) is 9.69. The molecule has 0 atom stereocenters. The van der Waals surface area contributed by atoms with Crippen molar-refractivity contribution in [2.24, 2.45) is 0 Å². The number of ether oxygens (including phenoxy) is 1. The van der Waals surface area contributed by atoms with Crippen LogP contribution >= 0.6 is 11.8 Å². The van der Waals surface area contributed by atoms with E-state index in [9.17, 15) is 4.79 Å². The molecule has 0 aliphatic rings. The lowest BCUT2D eigenvalue weighted by Crippen LogP contribution is -2.23. The fraction of sp³-hybridized carbons (Fsp3) is 0.375. The minimum Gasteiger partial charge on any atom is -0.497 e. The van der Waals surface area contributed by atoms with E-state index < -0.39 is 0 Å². The first-order valence-corrected chi connectivity index (χ1v) is 11.3. The van der Waals surface area contributed by atoms with E-state index in [1.165, 1.54) is 22.9 Å². The third-order valence-corrected chi connectivity index (χ3v) is 6.18. The number of carbonyl (C=O) groups is 1. The van der Waals surface area contributed by atoms with E-state index >= 15 is 0 Å². The first kappa shape index (κ1) is 22.9. The van der Waals surface area contributed by atoms with Gasteiger partial charge in [0.1, 0.15) is 5.75 Å². The van der Waals surface area contributed by atoms with Gasteiger partial charge in [-0.1, -0.05) is 31.7 Å². The Kier molecular flexibility index (Phi) is 7.05. The Morgan fingerprint density at radius 3 is 2.35 bits per heavy atom. The SMILES string of the molecule is COc1ccc(-n2c(SCC(=O)N(C)C)nnc2-c2cc(C(C)C)c(C)cc2C)cc1. The van der Waals surface area contributed by atoms with Crippen LogP contribution < -0.4 is 4.74 Å². The quantitative estimate of drug-likeness (QED) is 0.493. The Morgan fingerprint density at radius 1 is 1.10 bits per heavy atom. The van der Waals surface area contributed by atoms with Crippen LogP contribution in [0.15, 0.2) is 41.6 Å². The molecule has 3 aromatic rings. The number of benzene rings is 2. The summed E-state index contributed by atoms with van der Waals surface area (Å²) < 4.78 is 7.34. The average molecular weight is 439 g/mol. The second-order valence-corrected chi connectivity index (χ2v) is 9.04. The van der Waals surface area contributed by atoms with E-state index in [0.717, 1.165) is 28.4 Å². The van der Waals surface area contributed by atoms with Crippen molar-refractivity contribution in [2.75, 3.05) is 27.0 Å². The van der Waals surface area contributed by atoms with E-state index in [0.29, 0.717) is 16.8 Å². The maximum absolute atomic E-state index is 12.2. The second-order valence-electron chi connectivity index (χ2n) is 8.09. The molecule has 0 bridgehead atoms. The summed E-state index contributed by atoms with van der Waals surface area (Å²) in [6, 6.07) is 12.2. The molecular formula is C24H30N4O2S. The summed E-state index contributed by atoms with van der Waals surface area (Å²) >= 11 is 1.39. The zero-order chi connectivity index (χ0) is 22.7. The standard InChI is InChI=1S/C24H30N4O2S/c1-15(2)20-13-21(17(4)12-16(20)3)23-25-26-24(31-14-22(29)27(5)6)28(23)18-8-10-19(30-7)11-9-18/h8-13,15H,14H2,1-7H3. The third-order valence-electron chi connectivity index (χ3n) is 5.26. The summed E-state index contributed by atoms with van der Waals surface area (Å²) in [4.78, 5) is 13.8. The molecule has 6 nitrogen and oxygen atoms in total. The van der Waals surface area contributed by atoms with Crippen LogP contribution in [0.4, 0.5) is 0 Å². The van der Waals surface area contributed by atoms with Crippen LogP contribution in [0.3, 0.4) is 0 Å². The molecule has 3 rings (SSSR count). The molecule has 0 fully saturated rings. The van der Waals surface area contributed by atoms with Gasteiger partial charge < -0.3 is 9.64 Å². The summed E-state index contributed by atoms with van der Waals surface area (Å²) in [6.45, 7) is 8.64. The van der Waals surface area contributed by atoms with E-state index in [1.807, 2.05) is 28.8 Å². The van der Waals surface area contributed by atoms with Gasteiger partial charge in [-0.2, -0.15) is 0 Å². The number of hydrogen-bond acceptors (Lipinski definition) is 5. The predicted octanol–water partition coefficient (Wildman–Crippen LogP) is 4.86. The van der Waals surface area contributed by atoms with Crippen LogP contribution in [0.5, 0.6) is 5.75 Å². The van der Waals surface area contributed by atoms with Crippen molar-refractivity contribution >= 4 is 17.7 Å². The van der Waals surface area contributed by atoms with Crippen molar-refractivity contribution in [3.63, 3.8) is 0 Å². The smallest absolute Gasteiger partial charge is 0.232 e. The molecule has 1 aromatic heterocycles. The summed E-state index contributed by atoms with van der Waals surface area (Å²) in [5.74, 6) is 2.28. The van der Waals surface area contributed by atoms with Crippen LogP contribution in [-0.4, -0.2) is 52.5 Å². The zero-order valence-electron chi connectivity index (χ0n) is 19.3. The van der Waals surface area contributed by atoms with Gasteiger partial charge in [-0.05, 0) is 66.8 Å². The van der Waals surface area contributed by atoms with Gasteiger partial charge in [-0.25, -0.2) is 0 Å². The second kappa shape index (κ2) is 9.56. The maximum atomic E-state index is 12.2. The van der Waals surface area contributed by atoms with Gasteiger partial charge in [0.2, 0.25) is 5.91 Å². The molecule has 164 valence electrons. The molecule has 0 saturated carbocycles. The highest BCUT2D eigenvalue weighted by molar-refractivity contribution is 7.99. The number of amides is 1. The highest BCUT2D eigenvalue weighted by atomic mass is 32.2. The van der Waals surface area contributed by atoms with Crippen molar-refractivity contribution < 1.29 is 9.53 Å². The predicted molar refractivity (Wildman–Crippen MR) is 126 cm³/mol. The van der Waals surface area contributed by atoms with Crippen molar-refractivity contribution in [1.82, 2.24) is 19.7 Å². The molecule has 7 heteroatoms. The van der Waals surface area contributed by atoms with Crippen molar-refractivity contribution in [3.8, 4) is 22.8 Å². The molecular weight excluding hydrogens is 408 g/mol. The minimum absolute atomic E-state index is 0.0319. The first-order chi connectivity index (χ1) is 14.7. The number of aryl methyl sites for hydroxylation is 2. The molecule has 31 heavy (non-hydrogen) atoms. The van der Waals surface area contributed by atoms with Crippen LogP contribution in [0, 0.1) is 13.8 Å². The third kappa shape index (κ3) is 4.93. The monoisotopic (exact) mass is 438 g/mol. The maximum Gasteiger partial charge on any atom is 0.232 e. The zero-order valence-corrected chi connectivity index (χ0v) is 20.1. The molecule has 0 saturated heterocycles. The fourth-order valence-corrected chi connectivity index (χ4v) is 4.42. The lowest BCUT2D eigenvalue weighted by molar-refractivity contribution is -0.125. The van der Waals surface area contributed by atoms with Crippen LogP contribution in [0.1, 0.15) is 36.5 Å². The van der Waals surface area contributed by atoms with Crippen LogP contribution in [0.25, 0.3) is 17.1 Å². The summed E-state index contributed by atoms with van der Waals surface area (Å²) in [6.07, 6.45) is 0. The average Bonchev–Trinajstić information content (AvgIpc) is 3.15. The number of carbonyl (C=O) groups excluding carboxylic acids is 1. The number of nitrogens with zero attached hydrogens (tertiary/aromatic N) is 4. The van der Waals surface area contributed by atoms with E-state index in [-0.39, 0.29) is 5.91 Å². The van der Waals surface area contributed by atoms with Gasteiger partial charge in [0, 0.05) is 25.3 Å². The van der Waals surface area contributed by atoms with Gasteiger partial charge in [0.05, 0.1) is 12.9 Å². The number of aromatic nitrogens is 3. The fourth-order valence-electron chi connectivity index (χ4n) is 3.49. The lowest BCUT2D eigenvalue weighted by atomic mass is 9.93. The van der Waals surface area contributed by atoms with Crippen molar-refractivity contribution in [2.45, 2.75) is 38.8 Å². The summed E-state index contributed by atoms with van der Waals surface area (Å²) in [5.41, 5.74) is 5.68. The van der Waals surface area contributed by atoms with Crippen LogP contribution in [-0.2, 0) is 4.79 Å². The van der Waals surface area contributed by atoms with Gasteiger partial charge in [0.25, 0.3) is 0 Å². The van der Waals surface area contributed by atoms with E-state index in [4.69, 9.17) is 4.74 Å². The number of methoxy groups -OCH3 is 1. The Hall–Kier alpha value is -2.80. The number of rotatable bonds is 7. The van der Waals surface area contributed by atoms with Crippen LogP contribution in [0.2, 0.25) is 0 Å². The largest absolute Gasteiger partial charge is 0.497 e. The minimum atomic E-state index is 0.0319. The van der Waals surface area contributed by atoms with Gasteiger partial charge in [0.15, 0.2) is 11.0 Å². The highest BCUT2D eigenvalue weighted by Crippen LogP contribution is 2.33. The Labute approximate surface area is 188 Å². The van der Waals surface area contributed by atoms with Gasteiger partial charge in [-0.3, -0.25) is 9.36 Å².